The molecule has 0 saturated heterocycles. The van der Waals surface area contributed by atoms with E-state index in [9.17, 15) is 12.9 Å². The van der Waals surface area contributed by atoms with Gasteiger partial charge in [0.15, 0.2) is 0 Å². The summed E-state index contributed by atoms with van der Waals surface area (Å²) in [4.78, 5) is 2.09. The molecule has 0 radical (unpaired) electrons. The summed E-state index contributed by atoms with van der Waals surface area (Å²) in [7, 11) is 1.34. The molecule has 0 aromatic heterocycles. The summed E-state index contributed by atoms with van der Waals surface area (Å²) in [6.07, 6.45) is 0. The number of methoxy groups -OCH3 is 1. The molecule has 114 valence electrons. The minimum atomic E-state index is -5.12. The van der Waals surface area contributed by atoms with Crippen LogP contribution in [0.25, 0.3) is 0 Å². The molecule has 1 aromatic rings. The van der Waals surface area contributed by atoms with Crippen LogP contribution in [0.1, 0.15) is 13.8 Å². The molecular weight excluding hydrogens is 309 g/mol. The van der Waals surface area contributed by atoms with E-state index in [0.29, 0.717) is 6.54 Å². The average Bonchev–Trinajstić information content (AvgIpc) is 2.42. The van der Waals surface area contributed by atoms with E-state index in [1.54, 1.807) is 0 Å². The van der Waals surface area contributed by atoms with Crippen LogP contribution < -0.4 is 66.3 Å². The number of halogens is 3. The minimum Gasteiger partial charge on any atom is -0.497 e. The molecule has 0 N–H and O–H groups in total. The number of ether oxygens (including phenoxy) is 2. The molecule has 21 heavy (non-hydrogen) atoms. The van der Waals surface area contributed by atoms with Crippen molar-refractivity contribution in [1.29, 1.82) is 0 Å². The first-order valence-electron chi connectivity index (χ1n) is 6.65. The van der Waals surface area contributed by atoms with Gasteiger partial charge in [0.25, 0.3) is 0 Å². The maximum Gasteiger partial charge on any atom is 1.00 e. The average molecular weight is 329 g/mol. The van der Waals surface area contributed by atoms with Crippen LogP contribution in [-0.4, -0.2) is 45.2 Å². The minimum absolute atomic E-state index is 0. The van der Waals surface area contributed by atoms with Gasteiger partial charge in [-0.15, -0.1) is 0 Å². The van der Waals surface area contributed by atoms with Gasteiger partial charge in [0.2, 0.25) is 0 Å². The predicted octanol–water partition coefficient (Wildman–Crippen LogP) is -0.526. The fraction of sp³-hybridized carbons (Fsp3) is 0.538. The summed E-state index contributed by atoms with van der Waals surface area (Å²) in [6.45, 7) is 1.40. The quantitative estimate of drug-likeness (QED) is 0.599. The molecule has 3 nitrogen and oxygen atoms in total. The molecule has 0 aliphatic carbocycles. The summed E-state index contributed by atoms with van der Waals surface area (Å²) in [5.41, 5.74) is -0.746. The number of hydrogen-bond donors (Lipinski definition) is 0. The van der Waals surface area contributed by atoms with E-state index in [1.807, 2.05) is 13.8 Å². The second-order valence-electron chi connectivity index (χ2n) is 4.35. The second-order valence-corrected chi connectivity index (χ2v) is 4.35. The summed E-state index contributed by atoms with van der Waals surface area (Å²) in [5.74, 6) is 0.0424. The molecular formula is C13H20BF3KNO2. The van der Waals surface area contributed by atoms with Crippen molar-refractivity contribution in [2.75, 3.05) is 33.4 Å². The van der Waals surface area contributed by atoms with E-state index in [4.69, 9.17) is 9.47 Å². The van der Waals surface area contributed by atoms with Crippen LogP contribution >= 0.6 is 0 Å². The summed E-state index contributed by atoms with van der Waals surface area (Å²) >= 11 is 0. The summed E-state index contributed by atoms with van der Waals surface area (Å²) < 4.78 is 49.1. The van der Waals surface area contributed by atoms with Crippen LogP contribution in [0.2, 0.25) is 0 Å². The molecule has 0 atom stereocenters. The molecule has 0 aliphatic heterocycles. The van der Waals surface area contributed by atoms with Gasteiger partial charge in [0, 0.05) is 6.54 Å². The first kappa shape index (κ1) is 21.3. The smallest absolute Gasteiger partial charge is 0.497 e. The molecule has 0 amide bonds. The standard InChI is InChI=1S/C13H20BF3NO2.K/c1-4-18(5-2)8-9-20-13-7-6-11(19-3)10-12(13)14(15,16)17;/h6-7,10H,4-5,8-9H2,1-3H3;/q-1;+1. The zero-order chi connectivity index (χ0) is 15.2. The Bertz CT molecular complexity index is 428. The molecule has 1 aromatic carbocycles. The Kier molecular flexibility index (Phi) is 10.3. The number of nitrogens with zero attached hydrogens (tertiary/aromatic N) is 1. The third-order valence-corrected chi connectivity index (χ3v) is 3.13. The first-order chi connectivity index (χ1) is 9.42. The zero-order valence-electron chi connectivity index (χ0n) is 13.0. The first-order valence-corrected chi connectivity index (χ1v) is 6.65. The van der Waals surface area contributed by atoms with E-state index in [1.165, 1.54) is 19.2 Å². The fourth-order valence-electron chi connectivity index (χ4n) is 1.87. The molecule has 8 heteroatoms. The predicted molar refractivity (Wildman–Crippen MR) is 75.0 cm³/mol. The Hall–Kier alpha value is 0.271. The van der Waals surface area contributed by atoms with Crippen molar-refractivity contribution in [1.82, 2.24) is 4.90 Å². The van der Waals surface area contributed by atoms with Gasteiger partial charge in [-0.1, -0.05) is 19.3 Å². The van der Waals surface area contributed by atoms with Crippen molar-refractivity contribution in [2.24, 2.45) is 0 Å². The number of rotatable bonds is 8. The van der Waals surface area contributed by atoms with Gasteiger partial charge in [-0.05, 0) is 31.3 Å². The van der Waals surface area contributed by atoms with E-state index < -0.39 is 12.4 Å². The van der Waals surface area contributed by atoms with Crippen LogP contribution in [0.3, 0.4) is 0 Å². The number of benzene rings is 1. The summed E-state index contributed by atoms with van der Waals surface area (Å²) in [5, 5.41) is 0. The summed E-state index contributed by atoms with van der Waals surface area (Å²) in [6, 6.07) is 3.76. The maximum absolute atomic E-state index is 13.0. The topological polar surface area (TPSA) is 21.7 Å². The van der Waals surface area contributed by atoms with Gasteiger partial charge in [0.05, 0.1) is 12.9 Å². The monoisotopic (exact) mass is 329 g/mol. The third-order valence-electron chi connectivity index (χ3n) is 3.13. The Morgan fingerprint density at radius 3 is 2.24 bits per heavy atom. The maximum atomic E-state index is 13.0. The SMILES string of the molecule is CCN(CC)CCOc1ccc(OC)cc1[B-](F)(F)F.[K+]. The van der Waals surface area contributed by atoms with Gasteiger partial charge in [-0.3, -0.25) is 0 Å². The Morgan fingerprint density at radius 1 is 1.14 bits per heavy atom. The molecule has 0 aliphatic rings. The molecule has 0 bridgehead atoms. The van der Waals surface area contributed by atoms with Gasteiger partial charge < -0.3 is 27.3 Å². The molecule has 0 spiro atoms. The van der Waals surface area contributed by atoms with Crippen LogP contribution in [-0.2, 0) is 0 Å². The van der Waals surface area contributed by atoms with Gasteiger partial charge in [-0.25, -0.2) is 0 Å². The third kappa shape index (κ3) is 6.92. The Labute approximate surface area is 166 Å². The molecule has 0 unspecified atom stereocenters. The largest absolute Gasteiger partial charge is 1.00 e. The fourth-order valence-corrected chi connectivity index (χ4v) is 1.87. The molecule has 0 saturated carbocycles. The van der Waals surface area contributed by atoms with E-state index in [0.717, 1.165) is 19.2 Å². The van der Waals surface area contributed by atoms with Crippen molar-refractivity contribution < 1.29 is 73.8 Å². The van der Waals surface area contributed by atoms with Crippen molar-refractivity contribution in [3.63, 3.8) is 0 Å². The zero-order valence-corrected chi connectivity index (χ0v) is 16.2. The number of likely N-dealkylation sites (N-methyl/N-ethyl adjacent to an activating group) is 1. The van der Waals surface area contributed by atoms with Crippen molar-refractivity contribution in [2.45, 2.75) is 13.8 Å². The van der Waals surface area contributed by atoms with Gasteiger partial charge >= 0.3 is 58.4 Å². The van der Waals surface area contributed by atoms with E-state index in [-0.39, 0.29) is 69.5 Å². The molecule has 0 fully saturated rings. The van der Waals surface area contributed by atoms with Crippen LogP contribution in [0.15, 0.2) is 18.2 Å². The normalized spacial score (nSPS) is 11.2. The van der Waals surface area contributed by atoms with Crippen molar-refractivity contribution in [3.8, 4) is 11.5 Å². The van der Waals surface area contributed by atoms with E-state index >= 15 is 0 Å². The van der Waals surface area contributed by atoms with Gasteiger partial charge in [0.1, 0.15) is 12.4 Å². The van der Waals surface area contributed by atoms with Crippen LogP contribution in [0.5, 0.6) is 11.5 Å². The second kappa shape index (κ2) is 10.1. The molecule has 0 heterocycles. The number of hydrogen-bond acceptors (Lipinski definition) is 3. The van der Waals surface area contributed by atoms with Crippen molar-refractivity contribution >= 4 is 12.4 Å². The van der Waals surface area contributed by atoms with Crippen LogP contribution in [0, 0.1) is 0 Å². The van der Waals surface area contributed by atoms with Crippen LogP contribution in [0.4, 0.5) is 12.9 Å². The Balaban J connectivity index is 0.00000400. The Morgan fingerprint density at radius 2 is 1.76 bits per heavy atom. The molecule has 1 rings (SSSR count). The van der Waals surface area contributed by atoms with Crippen molar-refractivity contribution in [3.05, 3.63) is 18.2 Å². The van der Waals surface area contributed by atoms with Gasteiger partial charge in [-0.2, -0.15) is 0 Å². The van der Waals surface area contributed by atoms with E-state index in [2.05, 4.69) is 4.90 Å².